The van der Waals surface area contributed by atoms with Crippen molar-refractivity contribution in [3.05, 3.63) is 95.6 Å². The van der Waals surface area contributed by atoms with E-state index in [4.69, 9.17) is 14.6 Å². The molecule has 0 N–H and O–H groups in total. The minimum Gasteiger partial charge on any atom is -0.497 e. The van der Waals surface area contributed by atoms with E-state index in [1.807, 2.05) is 12.1 Å². The van der Waals surface area contributed by atoms with Gasteiger partial charge in [0.25, 0.3) is 0 Å². The van der Waals surface area contributed by atoms with Crippen molar-refractivity contribution in [3.8, 4) is 11.5 Å². The van der Waals surface area contributed by atoms with Gasteiger partial charge in [-0.1, -0.05) is 48.5 Å². The predicted octanol–water partition coefficient (Wildman–Crippen LogP) is 5.23. The first-order chi connectivity index (χ1) is 16.2. The van der Waals surface area contributed by atoms with Crippen molar-refractivity contribution in [2.75, 3.05) is 20.2 Å². The average Bonchev–Trinajstić information content (AvgIpc) is 3.33. The lowest BCUT2D eigenvalue weighted by molar-refractivity contribution is -0.150. The van der Waals surface area contributed by atoms with E-state index in [-0.39, 0.29) is 11.8 Å². The summed E-state index contributed by atoms with van der Waals surface area (Å²) in [5, 5.41) is 7.47. The number of likely N-dealkylation sites (tertiary alicyclic amines) is 1. The maximum Gasteiger partial charge on any atom is 0.200 e. The van der Waals surface area contributed by atoms with Gasteiger partial charge in [-0.25, -0.2) is 5.01 Å². The van der Waals surface area contributed by atoms with E-state index in [9.17, 15) is 0 Å². The maximum atomic E-state index is 6.77. The molecule has 1 spiro atoms. The normalized spacial score (nSPS) is 21.2. The SMILES string of the molecule is COc1ccc(C2=NN3[C@H](C2)c2ccccc2OC32CCN(Cc3ccccc3)CC2)cc1. The molecule has 0 radical (unpaired) electrons. The number of ether oxygens (including phenoxy) is 2. The Labute approximate surface area is 195 Å². The van der Waals surface area contributed by atoms with E-state index in [1.54, 1.807) is 7.11 Å². The van der Waals surface area contributed by atoms with Crippen molar-refractivity contribution in [2.24, 2.45) is 5.10 Å². The lowest BCUT2D eigenvalue weighted by Gasteiger charge is -2.51. The van der Waals surface area contributed by atoms with Gasteiger partial charge < -0.3 is 9.47 Å². The first kappa shape index (κ1) is 20.3. The molecule has 3 aliphatic heterocycles. The number of rotatable bonds is 4. The van der Waals surface area contributed by atoms with Gasteiger partial charge in [0.05, 0.1) is 18.9 Å². The summed E-state index contributed by atoms with van der Waals surface area (Å²) < 4.78 is 12.1. The highest BCUT2D eigenvalue weighted by Crippen LogP contribution is 2.50. The molecule has 0 unspecified atom stereocenters. The third kappa shape index (κ3) is 3.66. The maximum absolute atomic E-state index is 6.77. The van der Waals surface area contributed by atoms with E-state index in [0.29, 0.717) is 0 Å². The molecule has 3 heterocycles. The van der Waals surface area contributed by atoms with E-state index in [0.717, 1.165) is 61.7 Å². The van der Waals surface area contributed by atoms with Gasteiger partial charge in [-0.3, -0.25) is 4.90 Å². The molecule has 3 aromatic carbocycles. The van der Waals surface area contributed by atoms with Crippen LogP contribution in [0.1, 0.15) is 42.0 Å². The summed E-state index contributed by atoms with van der Waals surface area (Å²) in [5.74, 6) is 1.88. The van der Waals surface area contributed by atoms with E-state index in [1.165, 1.54) is 11.1 Å². The summed E-state index contributed by atoms with van der Waals surface area (Å²) in [4.78, 5) is 2.53. The molecule has 1 saturated heterocycles. The Bertz CT molecular complexity index is 1150. The number of nitrogens with zero attached hydrogens (tertiary/aromatic N) is 3. The highest BCUT2D eigenvalue weighted by molar-refractivity contribution is 6.02. The van der Waals surface area contributed by atoms with Crippen LogP contribution < -0.4 is 9.47 Å². The van der Waals surface area contributed by atoms with Gasteiger partial charge in [-0.05, 0) is 41.5 Å². The van der Waals surface area contributed by atoms with Gasteiger partial charge in [0, 0.05) is 44.5 Å². The van der Waals surface area contributed by atoms with Crippen molar-refractivity contribution >= 4 is 5.71 Å². The van der Waals surface area contributed by atoms with Crippen LogP contribution in [-0.2, 0) is 6.54 Å². The van der Waals surface area contributed by atoms with Crippen molar-refractivity contribution in [3.63, 3.8) is 0 Å². The molecule has 0 amide bonds. The minimum atomic E-state index is -0.388. The zero-order chi connectivity index (χ0) is 22.3. The number of para-hydroxylation sites is 1. The van der Waals surface area contributed by atoms with Gasteiger partial charge in [0.1, 0.15) is 11.5 Å². The van der Waals surface area contributed by atoms with Gasteiger partial charge >= 0.3 is 0 Å². The average molecular weight is 440 g/mol. The van der Waals surface area contributed by atoms with Crippen molar-refractivity contribution in [2.45, 2.75) is 37.6 Å². The molecule has 33 heavy (non-hydrogen) atoms. The predicted molar refractivity (Wildman–Crippen MR) is 129 cm³/mol. The second kappa shape index (κ2) is 8.23. The van der Waals surface area contributed by atoms with Gasteiger partial charge in [0.2, 0.25) is 5.72 Å². The summed E-state index contributed by atoms with van der Waals surface area (Å²) in [6, 6.07) is 27.7. The van der Waals surface area contributed by atoms with E-state index < -0.39 is 0 Å². The standard InChI is InChI=1S/C28H29N3O2/c1-32-23-13-11-22(12-14-23)25-19-26-24-9-5-6-10-27(24)33-28(31(26)29-25)15-17-30(18-16-28)20-21-7-3-2-4-8-21/h2-14,26H,15-20H2,1H3/t26-/m1/s1. The fourth-order valence-corrected chi connectivity index (χ4v) is 5.42. The Balaban J connectivity index is 1.28. The Morgan fingerprint density at radius 2 is 1.67 bits per heavy atom. The number of hydrazone groups is 1. The van der Waals surface area contributed by atoms with Crippen LogP contribution >= 0.6 is 0 Å². The number of piperidine rings is 1. The smallest absolute Gasteiger partial charge is 0.200 e. The molecule has 6 rings (SSSR count). The first-order valence-corrected chi connectivity index (χ1v) is 11.8. The van der Waals surface area contributed by atoms with Crippen molar-refractivity contribution in [1.29, 1.82) is 0 Å². The van der Waals surface area contributed by atoms with Crippen LogP contribution in [0.4, 0.5) is 0 Å². The largest absolute Gasteiger partial charge is 0.497 e. The van der Waals surface area contributed by atoms with Crippen LogP contribution in [-0.4, -0.2) is 41.5 Å². The first-order valence-electron chi connectivity index (χ1n) is 11.8. The fourth-order valence-electron chi connectivity index (χ4n) is 5.42. The monoisotopic (exact) mass is 439 g/mol. The van der Waals surface area contributed by atoms with Crippen molar-refractivity contribution < 1.29 is 9.47 Å². The molecule has 1 fully saturated rings. The van der Waals surface area contributed by atoms with Crippen LogP contribution in [0.2, 0.25) is 0 Å². The molecule has 3 aliphatic rings. The summed E-state index contributed by atoms with van der Waals surface area (Å²) >= 11 is 0. The lowest BCUT2D eigenvalue weighted by Crippen LogP contribution is -2.59. The quantitative estimate of drug-likeness (QED) is 0.558. The lowest BCUT2D eigenvalue weighted by atomic mass is 9.90. The molecule has 5 heteroatoms. The minimum absolute atomic E-state index is 0.215. The molecular formula is C28H29N3O2. The Hall–Kier alpha value is -3.31. The van der Waals surface area contributed by atoms with E-state index in [2.05, 4.69) is 76.6 Å². The summed E-state index contributed by atoms with van der Waals surface area (Å²) in [5.41, 5.74) is 4.48. The van der Waals surface area contributed by atoms with E-state index >= 15 is 0 Å². The zero-order valence-electron chi connectivity index (χ0n) is 19.0. The number of hydrogen-bond acceptors (Lipinski definition) is 5. The number of benzene rings is 3. The Morgan fingerprint density at radius 3 is 2.42 bits per heavy atom. The molecule has 168 valence electrons. The summed E-state index contributed by atoms with van der Waals surface area (Å²) in [6.45, 7) is 2.97. The zero-order valence-corrected chi connectivity index (χ0v) is 19.0. The fraction of sp³-hybridized carbons (Fsp3) is 0.321. The van der Waals surface area contributed by atoms with Crippen LogP contribution in [0.25, 0.3) is 0 Å². The molecule has 0 bridgehead atoms. The third-order valence-electron chi connectivity index (χ3n) is 7.22. The van der Waals surface area contributed by atoms with Gasteiger partial charge in [-0.2, -0.15) is 5.10 Å². The number of fused-ring (bicyclic) bond motifs is 4. The molecule has 5 nitrogen and oxygen atoms in total. The second-order valence-electron chi connectivity index (χ2n) is 9.19. The highest BCUT2D eigenvalue weighted by atomic mass is 16.5. The highest BCUT2D eigenvalue weighted by Gasteiger charge is 2.51. The van der Waals surface area contributed by atoms with Gasteiger partial charge in [0.15, 0.2) is 0 Å². The van der Waals surface area contributed by atoms with Crippen LogP contribution in [0.3, 0.4) is 0 Å². The second-order valence-corrected chi connectivity index (χ2v) is 9.19. The summed E-state index contributed by atoms with van der Waals surface area (Å²) in [6.07, 6.45) is 2.76. The molecule has 0 aliphatic carbocycles. The third-order valence-corrected chi connectivity index (χ3v) is 7.22. The molecule has 0 saturated carbocycles. The van der Waals surface area contributed by atoms with Crippen LogP contribution in [0.15, 0.2) is 84.0 Å². The topological polar surface area (TPSA) is 37.3 Å². The Kier molecular flexibility index (Phi) is 5.07. The molecule has 1 atom stereocenters. The van der Waals surface area contributed by atoms with Crippen LogP contribution in [0.5, 0.6) is 11.5 Å². The summed E-state index contributed by atoms with van der Waals surface area (Å²) in [7, 11) is 1.70. The number of hydrogen-bond donors (Lipinski definition) is 0. The van der Waals surface area contributed by atoms with Gasteiger partial charge in [-0.15, -0.1) is 0 Å². The Morgan fingerprint density at radius 1 is 0.939 bits per heavy atom. The molecular weight excluding hydrogens is 410 g/mol. The molecule has 3 aromatic rings. The van der Waals surface area contributed by atoms with Crippen LogP contribution in [0, 0.1) is 0 Å². The van der Waals surface area contributed by atoms with Crippen molar-refractivity contribution in [1.82, 2.24) is 9.91 Å². The number of methoxy groups -OCH3 is 1. The molecule has 0 aromatic heterocycles.